The first kappa shape index (κ1) is 16.5. The number of aromatic nitrogens is 2. The second kappa shape index (κ2) is 6.94. The maximum atomic E-state index is 11.7. The molecule has 6 heteroatoms. The summed E-state index contributed by atoms with van der Waals surface area (Å²) in [5.74, 6) is 1.17. The van der Waals surface area contributed by atoms with E-state index in [4.69, 9.17) is 4.74 Å². The van der Waals surface area contributed by atoms with Crippen molar-refractivity contribution in [3.8, 4) is 0 Å². The van der Waals surface area contributed by atoms with Gasteiger partial charge in [-0.15, -0.1) is 0 Å². The zero-order chi connectivity index (χ0) is 16.2. The number of rotatable bonds is 3. The van der Waals surface area contributed by atoms with Crippen LogP contribution in [0.25, 0.3) is 0 Å². The van der Waals surface area contributed by atoms with Crippen LogP contribution in [0.1, 0.15) is 39.3 Å². The number of anilines is 1. The Hall–Kier alpha value is -1.85. The molecule has 0 radical (unpaired) electrons. The first-order valence-electron chi connectivity index (χ1n) is 7.85. The molecule has 1 aromatic heterocycles. The third-order valence-electron chi connectivity index (χ3n) is 3.52. The highest BCUT2D eigenvalue weighted by atomic mass is 16.6. The number of carbonyl (C=O) groups excluding carboxylic acids is 1. The maximum absolute atomic E-state index is 11.7. The van der Waals surface area contributed by atoms with Crippen molar-refractivity contribution in [2.45, 2.75) is 46.1 Å². The fourth-order valence-electron chi connectivity index (χ4n) is 2.54. The number of nitrogens with zero attached hydrogens (tertiary/aromatic N) is 3. The van der Waals surface area contributed by atoms with E-state index in [-0.39, 0.29) is 6.09 Å². The molecule has 1 amide bonds. The van der Waals surface area contributed by atoms with Crippen molar-refractivity contribution in [1.29, 1.82) is 0 Å². The first-order chi connectivity index (χ1) is 10.3. The SMILES string of the molecule is Cc1ccnc(N2CCCC(CNC(=O)OC(C)(C)C)C2)n1. The van der Waals surface area contributed by atoms with Crippen LogP contribution in [0.2, 0.25) is 0 Å². The predicted molar refractivity (Wildman–Crippen MR) is 85.9 cm³/mol. The lowest BCUT2D eigenvalue weighted by Gasteiger charge is -2.33. The Morgan fingerprint density at radius 1 is 1.50 bits per heavy atom. The highest BCUT2D eigenvalue weighted by Crippen LogP contribution is 2.20. The molecule has 0 bridgehead atoms. The monoisotopic (exact) mass is 306 g/mol. The fourth-order valence-corrected chi connectivity index (χ4v) is 2.54. The van der Waals surface area contributed by atoms with Gasteiger partial charge in [0.15, 0.2) is 0 Å². The van der Waals surface area contributed by atoms with Crippen molar-refractivity contribution in [2.24, 2.45) is 5.92 Å². The Bertz CT molecular complexity index is 513. The van der Waals surface area contributed by atoms with Crippen molar-refractivity contribution in [1.82, 2.24) is 15.3 Å². The molecule has 1 fully saturated rings. The number of aryl methyl sites for hydroxylation is 1. The molecule has 22 heavy (non-hydrogen) atoms. The van der Waals surface area contributed by atoms with Crippen LogP contribution < -0.4 is 10.2 Å². The molecule has 1 aromatic rings. The molecule has 0 aromatic carbocycles. The molecule has 6 nitrogen and oxygen atoms in total. The van der Waals surface area contributed by atoms with E-state index >= 15 is 0 Å². The zero-order valence-corrected chi connectivity index (χ0v) is 13.9. The van der Waals surface area contributed by atoms with Crippen LogP contribution in [0.3, 0.4) is 0 Å². The predicted octanol–water partition coefficient (Wildman–Crippen LogP) is 2.53. The molecule has 1 saturated heterocycles. The van der Waals surface area contributed by atoms with Gasteiger partial charge in [-0.1, -0.05) is 0 Å². The van der Waals surface area contributed by atoms with E-state index in [0.29, 0.717) is 12.5 Å². The largest absolute Gasteiger partial charge is 0.444 e. The summed E-state index contributed by atoms with van der Waals surface area (Å²) in [5, 5.41) is 2.86. The number of hydrogen-bond acceptors (Lipinski definition) is 5. The second-order valence-electron chi connectivity index (χ2n) is 6.84. The van der Waals surface area contributed by atoms with Crippen LogP contribution in [0.5, 0.6) is 0 Å². The molecular weight excluding hydrogens is 280 g/mol. The molecule has 1 atom stereocenters. The van der Waals surface area contributed by atoms with Gasteiger partial charge in [0.1, 0.15) is 5.60 Å². The number of ether oxygens (including phenoxy) is 1. The third kappa shape index (κ3) is 5.16. The van der Waals surface area contributed by atoms with Gasteiger partial charge in [-0.05, 0) is 52.5 Å². The van der Waals surface area contributed by atoms with Crippen LogP contribution >= 0.6 is 0 Å². The van der Waals surface area contributed by atoms with Gasteiger partial charge >= 0.3 is 6.09 Å². The van der Waals surface area contributed by atoms with Gasteiger partial charge in [-0.3, -0.25) is 0 Å². The molecule has 0 aliphatic carbocycles. The minimum Gasteiger partial charge on any atom is -0.444 e. The molecule has 2 heterocycles. The maximum Gasteiger partial charge on any atom is 0.407 e. The summed E-state index contributed by atoms with van der Waals surface area (Å²) in [5.41, 5.74) is 0.511. The summed E-state index contributed by atoms with van der Waals surface area (Å²) in [6.45, 7) is 10.0. The Balaban J connectivity index is 1.85. The molecule has 1 N–H and O–H groups in total. The van der Waals surface area contributed by atoms with Gasteiger partial charge in [-0.25, -0.2) is 14.8 Å². The highest BCUT2D eigenvalue weighted by molar-refractivity contribution is 5.67. The van der Waals surface area contributed by atoms with Crippen LogP contribution in [-0.2, 0) is 4.74 Å². The van der Waals surface area contributed by atoms with Crippen molar-refractivity contribution < 1.29 is 9.53 Å². The number of carbonyl (C=O) groups is 1. The number of amides is 1. The summed E-state index contributed by atoms with van der Waals surface area (Å²) >= 11 is 0. The quantitative estimate of drug-likeness (QED) is 0.929. The van der Waals surface area contributed by atoms with E-state index in [0.717, 1.165) is 37.6 Å². The zero-order valence-electron chi connectivity index (χ0n) is 13.9. The first-order valence-corrected chi connectivity index (χ1v) is 7.85. The number of alkyl carbamates (subject to hydrolysis) is 1. The fraction of sp³-hybridized carbons (Fsp3) is 0.688. The van der Waals surface area contributed by atoms with Crippen molar-refractivity contribution in [2.75, 3.05) is 24.5 Å². The second-order valence-corrected chi connectivity index (χ2v) is 6.84. The van der Waals surface area contributed by atoms with E-state index in [9.17, 15) is 4.79 Å². The van der Waals surface area contributed by atoms with Crippen LogP contribution in [0.4, 0.5) is 10.7 Å². The van der Waals surface area contributed by atoms with E-state index in [2.05, 4.69) is 20.2 Å². The van der Waals surface area contributed by atoms with Crippen molar-refractivity contribution in [3.63, 3.8) is 0 Å². The lowest BCUT2D eigenvalue weighted by Crippen LogP contribution is -2.42. The highest BCUT2D eigenvalue weighted by Gasteiger charge is 2.23. The topological polar surface area (TPSA) is 67.4 Å². The van der Waals surface area contributed by atoms with Crippen LogP contribution in [0.15, 0.2) is 12.3 Å². The average molecular weight is 306 g/mol. The van der Waals surface area contributed by atoms with Crippen LogP contribution in [-0.4, -0.2) is 41.3 Å². The van der Waals surface area contributed by atoms with Crippen molar-refractivity contribution in [3.05, 3.63) is 18.0 Å². The molecule has 0 spiro atoms. The summed E-state index contributed by atoms with van der Waals surface area (Å²) in [7, 11) is 0. The molecule has 1 aliphatic rings. The van der Waals surface area contributed by atoms with Crippen LogP contribution in [0, 0.1) is 12.8 Å². The van der Waals surface area contributed by atoms with Gasteiger partial charge in [0.05, 0.1) is 0 Å². The minimum absolute atomic E-state index is 0.351. The third-order valence-corrected chi connectivity index (χ3v) is 3.52. The van der Waals surface area contributed by atoms with Gasteiger partial charge < -0.3 is 15.0 Å². The molecule has 122 valence electrons. The van der Waals surface area contributed by atoms with Gasteiger partial charge in [0.25, 0.3) is 0 Å². The number of hydrogen-bond donors (Lipinski definition) is 1. The Kier molecular flexibility index (Phi) is 5.21. The lowest BCUT2D eigenvalue weighted by molar-refractivity contribution is 0.0517. The Morgan fingerprint density at radius 2 is 2.27 bits per heavy atom. The molecular formula is C16H26N4O2. The Morgan fingerprint density at radius 3 is 2.95 bits per heavy atom. The van der Waals surface area contributed by atoms with Gasteiger partial charge in [-0.2, -0.15) is 0 Å². The summed E-state index contributed by atoms with van der Waals surface area (Å²) < 4.78 is 5.27. The average Bonchev–Trinajstić information content (AvgIpc) is 2.44. The standard InChI is InChI=1S/C16H26N4O2/c1-12-7-8-17-14(19-12)20-9-5-6-13(11-20)10-18-15(21)22-16(2,3)4/h7-8,13H,5-6,9-11H2,1-4H3,(H,18,21). The normalized spacial score (nSPS) is 18.9. The molecule has 2 rings (SSSR count). The Labute approximate surface area is 132 Å². The van der Waals surface area contributed by atoms with E-state index in [1.165, 1.54) is 0 Å². The smallest absolute Gasteiger partial charge is 0.407 e. The number of piperidine rings is 1. The van der Waals surface area contributed by atoms with E-state index < -0.39 is 5.60 Å². The summed E-state index contributed by atoms with van der Waals surface area (Å²) in [6.07, 6.45) is 3.62. The molecule has 1 aliphatic heterocycles. The van der Waals surface area contributed by atoms with E-state index in [1.54, 1.807) is 6.20 Å². The van der Waals surface area contributed by atoms with Gasteiger partial charge in [0, 0.05) is 31.5 Å². The molecule has 0 saturated carbocycles. The van der Waals surface area contributed by atoms with Gasteiger partial charge in [0.2, 0.25) is 5.95 Å². The van der Waals surface area contributed by atoms with Crippen molar-refractivity contribution >= 4 is 12.0 Å². The summed E-state index contributed by atoms with van der Waals surface area (Å²) in [4.78, 5) is 22.7. The summed E-state index contributed by atoms with van der Waals surface area (Å²) in [6, 6.07) is 1.90. The minimum atomic E-state index is -0.460. The molecule has 1 unspecified atom stereocenters. The lowest BCUT2D eigenvalue weighted by atomic mass is 9.98. The van der Waals surface area contributed by atoms with E-state index in [1.807, 2.05) is 33.8 Å². The number of nitrogens with one attached hydrogen (secondary N) is 1.